The number of fused-ring (bicyclic) bond motifs is 3. The molecule has 0 spiro atoms. The van der Waals surface area contributed by atoms with Crippen LogP contribution in [0.2, 0.25) is 0 Å². The summed E-state index contributed by atoms with van der Waals surface area (Å²) in [5.74, 6) is 0.340. The summed E-state index contributed by atoms with van der Waals surface area (Å²) in [6, 6.07) is 1.82. The molecule has 0 atom stereocenters. The molecule has 3 rings (SSSR count). The van der Waals surface area contributed by atoms with Crippen LogP contribution in [-0.4, -0.2) is 19.4 Å². The Labute approximate surface area is 101 Å². The summed E-state index contributed by atoms with van der Waals surface area (Å²) in [5.41, 5.74) is 3.24. The first-order valence-electron chi connectivity index (χ1n) is 5.12. The number of nitrogens with one attached hydrogen (secondary N) is 1. The number of aryl methyl sites for hydroxylation is 1. The first kappa shape index (κ1) is 10.3. The topological polar surface area (TPSA) is 63.1 Å². The minimum Gasteiger partial charge on any atom is -0.318 e. The van der Waals surface area contributed by atoms with Gasteiger partial charge in [0.05, 0.1) is 11.4 Å². The van der Waals surface area contributed by atoms with E-state index in [0.717, 1.165) is 11.2 Å². The van der Waals surface area contributed by atoms with E-state index in [1.807, 2.05) is 10.5 Å². The Bertz CT molecular complexity index is 774. The molecule has 3 aromatic heterocycles. The SMILES string of the molecule is Cc1nc2c(cc(CCl)c3nccn32)[nH]c1=O. The van der Waals surface area contributed by atoms with Crippen LogP contribution in [0.15, 0.2) is 23.3 Å². The maximum Gasteiger partial charge on any atom is 0.269 e. The molecule has 3 heterocycles. The van der Waals surface area contributed by atoms with Gasteiger partial charge in [-0.05, 0) is 13.0 Å². The van der Waals surface area contributed by atoms with Gasteiger partial charge < -0.3 is 4.98 Å². The van der Waals surface area contributed by atoms with Gasteiger partial charge in [0.25, 0.3) is 5.56 Å². The molecule has 1 N–H and O–H groups in total. The van der Waals surface area contributed by atoms with Crippen LogP contribution in [0.1, 0.15) is 11.3 Å². The second kappa shape index (κ2) is 3.56. The molecule has 0 aliphatic heterocycles. The second-order valence-electron chi connectivity index (χ2n) is 3.81. The standard InChI is InChI=1S/C11H9ClN4O/c1-6-11(17)15-8-4-7(5-12)9-13-2-3-16(9)10(8)14-6/h2-4H,5H2,1H3,(H,15,17). The highest BCUT2D eigenvalue weighted by atomic mass is 35.5. The molecule has 0 aliphatic carbocycles. The van der Waals surface area contributed by atoms with Gasteiger partial charge in [-0.15, -0.1) is 11.6 Å². The van der Waals surface area contributed by atoms with Crippen LogP contribution in [0, 0.1) is 6.92 Å². The fourth-order valence-electron chi connectivity index (χ4n) is 1.87. The van der Waals surface area contributed by atoms with Gasteiger partial charge >= 0.3 is 0 Å². The Hall–Kier alpha value is -1.88. The summed E-state index contributed by atoms with van der Waals surface area (Å²) in [4.78, 5) is 22.8. The fourth-order valence-corrected chi connectivity index (χ4v) is 2.07. The van der Waals surface area contributed by atoms with Crippen molar-refractivity contribution in [1.82, 2.24) is 19.4 Å². The summed E-state index contributed by atoms with van der Waals surface area (Å²) in [6.07, 6.45) is 3.49. The van der Waals surface area contributed by atoms with Crippen molar-refractivity contribution in [3.8, 4) is 0 Å². The number of rotatable bonds is 1. The number of aromatic amines is 1. The van der Waals surface area contributed by atoms with Gasteiger partial charge in [-0.3, -0.25) is 9.20 Å². The molecule has 0 saturated heterocycles. The predicted octanol–water partition coefficient (Wildman–Crippen LogP) is 1.62. The maximum absolute atomic E-state index is 11.5. The second-order valence-corrected chi connectivity index (χ2v) is 4.08. The van der Waals surface area contributed by atoms with Crippen LogP contribution < -0.4 is 5.56 Å². The van der Waals surface area contributed by atoms with Crippen molar-refractivity contribution in [1.29, 1.82) is 0 Å². The summed E-state index contributed by atoms with van der Waals surface area (Å²) >= 11 is 5.87. The van der Waals surface area contributed by atoms with E-state index in [1.165, 1.54) is 0 Å². The molecular formula is C11H9ClN4O. The van der Waals surface area contributed by atoms with Gasteiger partial charge in [0.1, 0.15) is 11.3 Å². The van der Waals surface area contributed by atoms with E-state index < -0.39 is 0 Å². The van der Waals surface area contributed by atoms with E-state index >= 15 is 0 Å². The van der Waals surface area contributed by atoms with E-state index in [9.17, 15) is 4.79 Å². The highest BCUT2D eigenvalue weighted by molar-refractivity contribution is 6.17. The zero-order valence-electron chi connectivity index (χ0n) is 9.07. The largest absolute Gasteiger partial charge is 0.318 e. The average molecular weight is 249 g/mol. The number of H-pyrrole nitrogens is 1. The molecule has 0 unspecified atom stereocenters. The third-order valence-corrected chi connectivity index (χ3v) is 3.00. The van der Waals surface area contributed by atoms with Gasteiger partial charge in [0, 0.05) is 18.0 Å². The molecule has 0 bridgehead atoms. The average Bonchev–Trinajstić information content (AvgIpc) is 2.79. The Morgan fingerprint density at radius 2 is 2.29 bits per heavy atom. The normalized spacial score (nSPS) is 11.4. The third kappa shape index (κ3) is 1.43. The lowest BCUT2D eigenvalue weighted by atomic mass is 10.2. The number of alkyl halides is 1. The van der Waals surface area contributed by atoms with Crippen molar-refractivity contribution in [3.05, 3.63) is 40.1 Å². The lowest BCUT2D eigenvalue weighted by molar-refractivity contribution is 1.06. The zero-order chi connectivity index (χ0) is 12.0. The summed E-state index contributed by atoms with van der Waals surface area (Å²) < 4.78 is 1.83. The van der Waals surface area contributed by atoms with Crippen molar-refractivity contribution in [2.24, 2.45) is 0 Å². The van der Waals surface area contributed by atoms with Gasteiger partial charge in [-0.1, -0.05) is 0 Å². The predicted molar refractivity (Wildman–Crippen MR) is 65.4 cm³/mol. The van der Waals surface area contributed by atoms with E-state index in [2.05, 4.69) is 15.0 Å². The van der Waals surface area contributed by atoms with Crippen molar-refractivity contribution >= 4 is 28.4 Å². The number of halogens is 1. The molecule has 17 heavy (non-hydrogen) atoms. The number of imidazole rings is 1. The van der Waals surface area contributed by atoms with E-state index in [0.29, 0.717) is 22.7 Å². The van der Waals surface area contributed by atoms with Gasteiger partial charge in [0.2, 0.25) is 0 Å². The van der Waals surface area contributed by atoms with E-state index in [4.69, 9.17) is 11.6 Å². The van der Waals surface area contributed by atoms with Crippen LogP contribution in [0.5, 0.6) is 0 Å². The molecule has 0 aromatic carbocycles. The number of pyridine rings is 1. The lowest BCUT2D eigenvalue weighted by Gasteiger charge is -2.05. The molecule has 86 valence electrons. The maximum atomic E-state index is 11.5. The lowest BCUT2D eigenvalue weighted by Crippen LogP contribution is -2.13. The molecule has 6 heteroatoms. The van der Waals surface area contributed by atoms with Crippen LogP contribution in [0.3, 0.4) is 0 Å². The molecule has 0 amide bonds. The molecule has 3 aromatic rings. The van der Waals surface area contributed by atoms with E-state index in [-0.39, 0.29) is 5.56 Å². The molecule has 0 fully saturated rings. The minimum absolute atomic E-state index is 0.183. The van der Waals surface area contributed by atoms with Crippen LogP contribution in [0.4, 0.5) is 0 Å². The number of hydrogen-bond donors (Lipinski definition) is 1. The van der Waals surface area contributed by atoms with Crippen LogP contribution in [0.25, 0.3) is 16.8 Å². The Kier molecular flexibility index (Phi) is 2.16. The number of hydrogen-bond acceptors (Lipinski definition) is 3. The summed E-state index contributed by atoms with van der Waals surface area (Å²) in [7, 11) is 0. The quantitative estimate of drug-likeness (QED) is 0.666. The van der Waals surface area contributed by atoms with Crippen molar-refractivity contribution in [2.45, 2.75) is 12.8 Å². The van der Waals surface area contributed by atoms with Gasteiger partial charge in [0.15, 0.2) is 5.65 Å². The molecule has 0 aliphatic rings. The number of aromatic nitrogens is 4. The molecule has 0 saturated carbocycles. The van der Waals surface area contributed by atoms with Crippen molar-refractivity contribution in [2.75, 3.05) is 0 Å². The zero-order valence-corrected chi connectivity index (χ0v) is 9.82. The summed E-state index contributed by atoms with van der Waals surface area (Å²) in [5, 5.41) is 0. The number of nitrogens with zero attached hydrogens (tertiary/aromatic N) is 3. The van der Waals surface area contributed by atoms with Crippen molar-refractivity contribution < 1.29 is 0 Å². The van der Waals surface area contributed by atoms with Crippen LogP contribution >= 0.6 is 11.6 Å². The summed E-state index contributed by atoms with van der Waals surface area (Å²) in [6.45, 7) is 1.68. The van der Waals surface area contributed by atoms with E-state index in [1.54, 1.807) is 19.3 Å². The first-order chi connectivity index (χ1) is 8.20. The molecule has 0 radical (unpaired) electrons. The highest BCUT2D eigenvalue weighted by Gasteiger charge is 2.09. The minimum atomic E-state index is -0.183. The monoisotopic (exact) mass is 248 g/mol. The Morgan fingerprint density at radius 1 is 1.47 bits per heavy atom. The fraction of sp³-hybridized carbons (Fsp3) is 0.182. The van der Waals surface area contributed by atoms with Crippen LogP contribution in [-0.2, 0) is 5.88 Å². The molecular weight excluding hydrogens is 240 g/mol. The van der Waals surface area contributed by atoms with Gasteiger partial charge in [-0.2, -0.15) is 0 Å². The molecule has 5 nitrogen and oxygen atoms in total. The smallest absolute Gasteiger partial charge is 0.269 e. The first-order valence-corrected chi connectivity index (χ1v) is 5.65. The Balaban J connectivity index is 2.58. The van der Waals surface area contributed by atoms with Crippen molar-refractivity contribution in [3.63, 3.8) is 0 Å². The highest BCUT2D eigenvalue weighted by Crippen LogP contribution is 2.18. The van der Waals surface area contributed by atoms with Gasteiger partial charge in [-0.25, -0.2) is 9.97 Å². The Morgan fingerprint density at radius 3 is 3.06 bits per heavy atom. The third-order valence-electron chi connectivity index (χ3n) is 2.71.